The van der Waals surface area contributed by atoms with Gasteiger partial charge in [0.05, 0.1) is 13.2 Å². The lowest BCUT2D eigenvalue weighted by Gasteiger charge is -2.13. The Morgan fingerprint density at radius 2 is 2.58 bits per heavy atom. The van der Waals surface area contributed by atoms with Gasteiger partial charge in [-0.25, -0.2) is 0 Å². The van der Waals surface area contributed by atoms with Crippen LogP contribution in [0.2, 0.25) is 0 Å². The molecular weight excluding hydrogens is 158 g/mol. The summed E-state index contributed by atoms with van der Waals surface area (Å²) in [7, 11) is 1.34. The second kappa shape index (κ2) is 4.42. The molecule has 0 aromatic rings. The molecule has 1 aliphatic rings. The summed E-state index contributed by atoms with van der Waals surface area (Å²) in [5.41, 5.74) is 5.55. The van der Waals surface area contributed by atoms with Crippen molar-refractivity contribution >= 4 is 5.97 Å². The highest BCUT2D eigenvalue weighted by Crippen LogP contribution is 2.16. The first-order chi connectivity index (χ1) is 5.74. The highest BCUT2D eigenvalue weighted by molar-refractivity contribution is 5.75. The Labute approximate surface area is 72.0 Å². The van der Waals surface area contributed by atoms with Gasteiger partial charge in [-0.3, -0.25) is 4.79 Å². The van der Waals surface area contributed by atoms with E-state index < -0.39 is 6.04 Å². The first-order valence-electron chi connectivity index (χ1n) is 4.19. The highest BCUT2D eigenvalue weighted by atomic mass is 16.5. The summed E-state index contributed by atoms with van der Waals surface area (Å²) < 4.78 is 9.83. The second-order valence-corrected chi connectivity index (χ2v) is 3.00. The molecule has 0 aromatic heterocycles. The third-order valence-corrected chi connectivity index (χ3v) is 2.04. The standard InChI is InChI=1S/C8H15NO3/c1-11-8(10)7(9)5-6-3-2-4-12-6/h6-7H,2-5,9H2,1H3/t6-,7+/m0/s1. The second-order valence-electron chi connectivity index (χ2n) is 3.00. The average Bonchev–Trinajstić information content (AvgIpc) is 2.55. The molecular formula is C8H15NO3. The Hall–Kier alpha value is -0.610. The summed E-state index contributed by atoms with van der Waals surface area (Å²) in [4.78, 5) is 10.9. The van der Waals surface area contributed by atoms with E-state index in [1.165, 1.54) is 7.11 Å². The zero-order valence-corrected chi connectivity index (χ0v) is 7.29. The van der Waals surface area contributed by atoms with E-state index in [1.54, 1.807) is 0 Å². The van der Waals surface area contributed by atoms with Crippen molar-refractivity contribution in [2.24, 2.45) is 5.73 Å². The van der Waals surface area contributed by atoms with Crippen molar-refractivity contribution in [1.82, 2.24) is 0 Å². The summed E-state index contributed by atoms with van der Waals surface area (Å²) in [6.45, 7) is 0.790. The molecule has 1 aliphatic heterocycles. The average molecular weight is 173 g/mol. The summed E-state index contributed by atoms with van der Waals surface area (Å²) in [6.07, 6.45) is 2.80. The molecule has 0 amide bonds. The predicted molar refractivity (Wildman–Crippen MR) is 43.6 cm³/mol. The van der Waals surface area contributed by atoms with Crippen LogP contribution in [0.5, 0.6) is 0 Å². The maximum atomic E-state index is 10.9. The quantitative estimate of drug-likeness (QED) is 0.613. The van der Waals surface area contributed by atoms with E-state index >= 15 is 0 Å². The highest BCUT2D eigenvalue weighted by Gasteiger charge is 2.22. The number of methoxy groups -OCH3 is 1. The number of hydrogen-bond donors (Lipinski definition) is 1. The molecule has 1 rings (SSSR count). The van der Waals surface area contributed by atoms with Crippen LogP contribution in [-0.2, 0) is 14.3 Å². The molecule has 0 radical (unpaired) electrons. The van der Waals surface area contributed by atoms with Crippen molar-refractivity contribution in [3.05, 3.63) is 0 Å². The third kappa shape index (κ3) is 2.46. The van der Waals surface area contributed by atoms with Crippen molar-refractivity contribution in [3.8, 4) is 0 Å². The van der Waals surface area contributed by atoms with Crippen LogP contribution in [0.15, 0.2) is 0 Å². The topological polar surface area (TPSA) is 61.5 Å². The monoisotopic (exact) mass is 173 g/mol. The molecule has 2 atom stereocenters. The Morgan fingerprint density at radius 3 is 3.08 bits per heavy atom. The maximum Gasteiger partial charge on any atom is 0.322 e. The molecule has 0 saturated carbocycles. The molecule has 0 bridgehead atoms. The van der Waals surface area contributed by atoms with Gasteiger partial charge in [0.25, 0.3) is 0 Å². The van der Waals surface area contributed by atoms with Crippen molar-refractivity contribution in [2.75, 3.05) is 13.7 Å². The normalized spacial score (nSPS) is 25.3. The SMILES string of the molecule is COC(=O)[C@H](N)C[C@@H]1CCCO1. The molecule has 12 heavy (non-hydrogen) atoms. The van der Waals surface area contributed by atoms with Crippen molar-refractivity contribution in [1.29, 1.82) is 0 Å². The number of carbonyl (C=O) groups is 1. The Balaban J connectivity index is 2.24. The third-order valence-electron chi connectivity index (χ3n) is 2.04. The number of rotatable bonds is 3. The van der Waals surface area contributed by atoms with Crippen LogP contribution in [0.3, 0.4) is 0 Å². The van der Waals surface area contributed by atoms with E-state index in [9.17, 15) is 4.79 Å². The molecule has 2 N–H and O–H groups in total. The first kappa shape index (κ1) is 9.48. The van der Waals surface area contributed by atoms with Crippen molar-refractivity contribution in [2.45, 2.75) is 31.4 Å². The van der Waals surface area contributed by atoms with Gasteiger partial charge in [0.15, 0.2) is 0 Å². The van der Waals surface area contributed by atoms with Crippen LogP contribution < -0.4 is 5.73 Å². The number of nitrogens with two attached hydrogens (primary N) is 1. The molecule has 4 nitrogen and oxygen atoms in total. The fourth-order valence-corrected chi connectivity index (χ4v) is 1.36. The minimum atomic E-state index is -0.530. The number of hydrogen-bond acceptors (Lipinski definition) is 4. The van der Waals surface area contributed by atoms with E-state index in [0.29, 0.717) is 6.42 Å². The molecule has 1 saturated heterocycles. The lowest BCUT2D eigenvalue weighted by atomic mass is 10.1. The minimum Gasteiger partial charge on any atom is -0.468 e. The summed E-state index contributed by atoms with van der Waals surface area (Å²) in [5.74, 6) is -0.356. The zero-order valence-electron chi connectivity index (χ0n) is 7.29. The van der Waals surface area contributed by atoms with Gasteiger partial charge in [0, 0.05) is 6.61 Å². The van der Waals surface area contributed by atoms with Gasteiger partial charge >= 0.3 is 5.97 Å². The van der Waals surface area contributed by atoms with Crippen LogP contribution >= 0.6 is 0 Å². The summed E-state index contributed by atoms with van der Waals surface area (Å²) in [5, 5.41) is 0. The van der Waals surface area contributed by atoms with Crippen molar-refractivity contribution in [3.63, 3.8) is 0 Å². The van der Waals surface area contributed by atoms with E-state index in [0.717, 1.165) is 19.4 Å². The smallest absolute Gasteiger partial charge is 0.322 e. The number of carbonyl (C=O) groups excluding carboxylic acids is 1. The molecule has 0 spiro atoms. The van der Waals surface area contributed by atoms with Crippen LogP contribution in [0, 0.1) is 0 Å². The number of esters is 1. The maximum absolute atomic E-state index is 10.9. The van der Waals surface area contributed by atoms with Gasteiger partial charge in [-0.15, -0.1) is 0 Å². The molecule has 70 valence electrons. The van der Waals surface area contributed by atoms with E-state index in [2.05, 4.69) is 4.74 Å². The van der Waals surface area contributed by atoms with Crippen molar-refractivity contribution < 1.29 is 14.3 Å². The van der Waals surface area contributed by atoms with Crippen LogP contribution in [0.25, 0.3) is 0 Å². The summed E-state index contributed by atoms with van der Waals surface area (Å²) >= 11 is 0. The Kier molecular flexibility index (Phi) is 3.49. The van der Waals surface area contributed by atoms with Gasteiger partial charge in [0.1, 0.15) is 6.04 Å². The Morgan fingerprint density at radius 1 is 1.83 bits per heavy atom. The fraction of sp³-hybridized carbons (Fsp3) is 0.875. The fourth-order valence-electron chi connectivity index (χ4n) is 1.36. The van der Waals surface area contributed by atoms with Gasteiger partial charge in [0.2, 0.25) is 0 Å². The molecule has 1 fully saturated rings. The zero-order chi connectivity index (χ0) is 8.97. The van der Waals surface area contributed by atoms with Gasteiger partial charge in [-0.2, -0.15) is 0 Å². The molecule has 0 aliphatic carbocycles. The Bertz CT molecular complexity index is 154. The lowest BCUT2D eigenvalue weighted by molar-refractivity contribution is -0.143. The predicted octanol–water partition coefficient (Wildman–Crippen LogP) is 0.0558. The molecule has 1 heterocycles. The summed E-state index contributed by atoms with van der Waals surface area (Å²) in [6, 6.07) is -0.530. The van der Waals surface area contributed by atoms with Gasteiger partial charge in [-0.05, 0) is 19.3 Å². The van der Waals surface area contributed by atoms with Crippen LogP contribution in [-0.4, -0.2) is 31.8 Å². The minimum absolute atomic E-state index is 0.152. The van der Waals surface area contributed by atoms with Crippen LogP contribution in [0.1, 0.15) is 19.3 Å². The first-order valence-corrected chi connectivity index (χ1v) is 4.19. The van der Waals surface area contributed by atoms with E-state index in [1.807, 2.05) is 0 Å². The lowest BCUT2D eigenvalue weighted by Crippen LogP contribution is -2.34. The largest absolute Gasteiger partial charge is 0.468 e. The van der Waals surface area contributed by atoms with Crippen LogP contribution in [0.4, 0.5) is 0 Å². The molecule has 0 unspecified atom stereocenters. The molecule has 4 heteroatoms. The van der Waals surface area contributed by atoms with E-state index in [-0.39, 0.29) is 12.1 Å². The van der Waals surface area contributed by atoms with Gasteiger partial charge in [-0.1, -0.05) is 0 Å². The van der Waals surface area contributed by atoms with E-state index in [4.69, 9.17) is 10.5 Å². The molecule has 0 aromatic carbocycles. The number of ether oxygens (including phenoxy) is 2. The van der Waals surface area contributed by atoms with Gasteiger partial charge < -0.3 is 15.2 Å².